The van der Waals surface area contributed by atoms with Gasteiger partial charge in [-0.15, -0.1) is 16.9 Å². The topological polar surface area (TPSA) is 199 Å². The zero-order chi connectivity index (χ0) is 33.8. The summed E-state index contributed by atoms with van der Waals surface area (Å²) in [6.07, 6.45) is 0.682. The number of allylic oxidation sites excluding steroid dienone is 1. The van der Waals surface area contributed by atoms with E-state index in [9.17, 15) is 24.4 Å². The number of hydrogen-bond donors (Lipinski definition) is 2. The summed E-state index contributed by atoms with van der Waals surface area (Å²) in [4.78, 5) is 58.0. The lowest BCUT2D eigenvalue weighted by atomic mass is 10.0. The zero-order valence-electron chi connectivity index (χ0n) is 25.0. The average Bonchev–Trinajstić information content (AvgIpc) is 3.71. The van der Waals surface area contributed by atoms with Crippen LogP contribution in [-0.2, 0) is 26.2 Å². The molecular weight excluding hydrogens is 675 g/mol. The fourth-order valence-corrected chi connectivity index (χ4v) is 8.14. The number of carbonyl (C=O) groups excluding carboxylic acids is 4. The van der Waals surface area contributed by atoms with Crippen molar-refractivity contribution in [2.75, 3.05) is 17.2 Å². The van der Waals surface area contributed by atoms with E-state index in [1.807, 2.05) is 60.7 Å². The van der Waals surface area contributed by atoms with Gasteiger partial charge in [-0.25, -0.2) is 14.5 Å². The largest absolute Gasteiger partial charge is 0.448 e. The van der Waals surface area contributed by atoms with Crippen LogP contribution in [0.5, 0.6) is 0 Å². The highest BCUT2D eigenvalue weighted by molar-refractivity contribution is 8.01. The molecule has 2 aliphatic rings. The monoisotopic (exact) mass is 699 g/mol. The van der Waals surface area contributed by atoms with Crippen LogP contribution in [0.3, 0.4) is 0 Å². The first kappa shape index (κ1) is 32.6. The minimum Gasteiger partial charge on any atom is -0.448 e. The molecule has 0 saturated carbocycles. The Balaban J connectivity index is 1.29. The Morgan fingerprint density at radius 2 is 1.88 bits per heavy atom. The number of aromatic nitrogens is 5. The van der Waals surface area contributed by atoms with Crippen molar-refractivity contribution in [1.82, 2.24) is 35.4 Å². The highest BCUT2D eigenvalue weighted by atomic mass is 32.2. The van der Waals surface area contributed by atoms with Crippen molar-refractivity contribution in [2.45, 2.75) is 22.7 Å². The fourth-order valence-electron chi connectivity index (χ4n) is 5.14. The summed E-state index contributed by atoms with van der Waals surface area (Å²) in [7, 11) is 1.70. The van der Waals surface area contributed by atoms with Gasteiger partial charge in [0.25, 0.3) is 11.8 Å². The Morgan fingerprint density at radius 3 is 2.46 bits per heavy atom. The van der Waals surface area contributed by atoms with Gasteiger partial charge >= 0.3 is 5.97 Å². The van der Waals surface area contributed by atoms with E-state index in [1.165, 1.54) is 33.1 Å². The molecule has 3 N–H and O–H groups in total. The maximum atomic E-state index is 14.2. The Kier molecular flexibility index (Phi) is 9.66. The lowest BCUT2D eigenvalue weighted by Crippen LogP contribution is -2.70. The number of aryl methyl sites for hydroxylation is 1. The molecule has 2 amide bonds. The van der Waals surface area contributed by atoms with E-state index in [1.54, 1.807) is 13.1 Å². The number of hydrogen-bond acceptors (Lipinski definition) is 14. The fraction of sp³-hybridized carbons (Fsp3) is 0.194. The molecule has 0 radical (unpaired) electrons. The maximum Gasteiger partial charge on any atom is 0.356 e. The standard InChI is InChI=1S/C31H25N9O5S3/c1-39-31(36-37-38-39)47-16-19-15-46-29-23(35-27(42)20(12-13-32)22-26(33)48-21(14-41)34-22)28(43)40(29)24(19)30(44)45-25(17-8-4-2-5-9-17)18-10-6-3-7-11-18/h2-12,14,23,25,29H,15-16,33H2,1H3,(H,35,42)/t23?,29-/m1/s1. The van der Waals surface area contributed by atoms with Gasteiger partial charge in [0.05, 0.1) is 11.6 Å². The summed E-state index contributed by atoms with van der Waals surface area (Å²) in [6, 6.07) is 19.3. The van der Waals surface area contributed by atoms with Crippen LogP contribution in [0.25, 0.3) is 5.57 Å². The summed E-state index contributed by atoms with van der Waals surface area (Å²) in [5.41, 5.74) is 7.96. The molecule has 0 aliphatic carbocycles. The lowest BCUT2D eigenvalue weighted by molar-refractivity contribution is -0.154. The molecule has 6 rings (SSSR count). The van der Waals surface area contributed by atoms with E-state index in [2.05, 4.69) is 25.8 Å². The van der Waals surface area contributed by atoms with Crippen LogP contribution < -0.4 is 11.1 Å². The second-order valence-corrected chi connectivity index (χ2v) is 13.5. The van der Waals surface area contributed by atoms with Gasteiger partial charge in [0.1, 0.15) is 27.8 Å². The number of benzene rings is 2. The number of rotatable bonds is 11. The molecule has 2 aromatic heterocycles. The number of nitrogens with one attached hydrogen (secondary N) is 1. The van der Waals surface area contributed by atoms with Gasteiger partial charge in [0, 0.05) is 24.6 Å². The second kappa shape index (κ2) is 14.2. The smallest absolute Gasteiger partial charge is 0.356 e. The number of amides is 2. The third-order valence-electron chi connectivity index (χ3n) is 7.39. The Labute approximate surface area is 286 Å². The summed E-state index contributed by atoms with van der Waals surface area (Å²) in [6.45, 7) is 0. The van der Waals surface area contributed by atoms with E-state index >= 15 is 0 Å². The van der Waals surface area contributed by atoms with Gasteiger partial charge in [-0.05, 0) is 27.1 Å². The summed E-state index contributed by atoms with van der Waals surface area (Å²) < 4.78 is 7.69. The summed E-state index contributed by atoms with van der Waals surface area (Å²) >= 11 is 3.54. The number of thiazole rings is 1. The third-order valence-corrected chi connectivity index (χ3v) is 10.6. The molecule has 48 heavy (non-hydrogen) atoms. The van der Waals surface area contributed by atoms with Crippen molar-refractivity contribution < 1.29 is 23.9 Å². The molecule has 0 bridgehead atoms. The number of β-lactam (4-membered cyclic amide) rings is 1. The van der Waals surface area contributed by atoms with E-state index in [4.69, 9.17) is 10.5 Å². The third kappa shape index (κ3) is 6.45. The number of nitrogens with zero attached hydrogens (tertiary/aromatic N) is 7. The molecular formula is C31H25N9O5S3. The van der Waals surface area contributed by atoms with E-state index in [0.29, 0.717) is 22.8 Å². The Hall–Kier alpha value is -5.31. The molecule has 1 fully saturated rings. The van der Waals surface area contributed by atoms with Crippen molar-refractivity contribution >= 4 is 69.5 Å². The second-order valence-electron chi connectivity index (χ2n) is 10.4. The zero-order valence-corrected chi connectivity index (χ0v) is 27.5. The summed E-state index contributed by atoms with van der Waals surface area (Å²) in [5.74, 6) is -1.39. The predicted molar refractivity (Wildman–Crippen MR) is 178 cm³/mol. The number of aldehydes is 1. The first-order chi connectivity index (χ1) is 23.3. The van der Waals surface area contributed by atoms with Crippen LogP contribution in [0.15, 0.2) is 83.2 Å². The first-order valence-corrected chi connectivity index (χ1v) is 17.1. The average molecular weight is 700 g/mol. The molecule has 4 heterocycles. The van der Waals surface area contributed by atoms with Gasteiger partial charge in [0.2, 0.25) is 5.16 Å². The van der Waals surface area contributed by atoms with Crippen LogP contribution >= 0.6 is 34.9 Å². The van der Waals surface area contributed by atoms with Crippen LogP contribution in [0.4, 0.5) is 5.00 Å². The van der Waals surface area contributed by atoms with Crippen LogP contribution in [0, 0.1) is 11.3 Å². The number of ether oxygens (including phenoxy) is 1. The summed E-state index contributed by atoms with van der Waals surface area (Å²) in [5, 5.41) is 23.5. The van der Waals surface area contributed by atoms with Gasteiger partial charge in [0.15, 0.2) is 17.4 Å². The van der Waals surface area contributed by atoms with Crippen molar-refractivity contribution in [3.63, 3.8) is 0 Å². The van der Waals surface area contributed by atoms with Gasteiger partial charge < -0.3 is 15.8 Å². The lowest BCUT2D eigenvalue weighted by Gasteiger charge is -2.49. The number of nitrogen functional groups attached to an aromatic ring is 1. The van der Waals surface area contributed by atoms with Crippen LogP contribution in [0.2, 0.25) is 0 Å². The number of nitriles is 1. The highest BCUT2D eigenvalue weighted by Gasteiger charge is 2.55. The highest BCUT2D eigenvalue weighted by Crippen LogP contribution is 2.43. The Morgan fingerprint density at radius 1 is 1.19 bits per heavy atom. The minimum absolute atomic E-state index is 0.0318. The van der Waals surface area contributed by atoms with Gasteiger partial charge in [-0.2, -0.15) is 5.26 Å². The van der Waals surface area contributed by atoms with Crippen LogP contribution in [-0.4, -0.2) is 77.1 Å². The van der Waals surface area contributed by atoms with Crippen LogP contribution in [0.1, 0.15) is 32.7 Å². The van der Waals surface area contributed by atoms with E-state index in [-0.39, 0.29) is 32.7 Å². The van der Waals surface area contributed by atoms with Gasteiger partial charge in [-0.3, -0.25) is 19.3 Å². The molecule has 0 spiro atoms. The van der Waals surface area contributed by atoms with Crippen molar-refractivity contribution in [3.05, 3.63) is 99.8 Å². The Bertz CT molecular complexity index is 1950. The number of anilines is 1. The minimum atomic E-state index is -1.03. The number of fused-ring (bicyclic) bond motifs is 1. The molecule has 4 aromatic rings. The van der Waals surface area contributed by atoms with Crippen molar-refractivity contribution in [2.24, 2.45) is 7.05 Å². The predicted octanol–water partition coefficient (Wildman–Crippen LogP) is 2.75. The number of thioether (sulfide) groups is 2. The molecule has 2 aliphatic heterocycles. The number of tetrazole rings is 1. The quantitative estimate of drug-likeness (QED) is 0.0579. The van der Waals surface area contributed by atoms with E-state index < -0.39 is 35.3 Å². The molecule has 1 unspecified atom stereocenters. The molecule has 2 aromatic carbocycles. The molecule has 242 valence electrons. The van der Waals surface area contributed by atoms with Crippen molar-refractivity contribution in [1.29, 1.82) is 5.26 Å². The van der Waals surface area contributed by atoms with E-state index in [0.717, 1.165) is 28.5 Å². The maximum absolute atomic E-state index is 14.2. The number of carbonyl (C=O) groups is 4. The molecule has 14 nitrogen and oxygen atoms in total. The number of nitrogens with two attached hydrogens (primary N) is 1. The van der Waals surface area contributed by atoms with Gasteiger partial charge in [-0.1, -0.05) is 83.8 Å². The van der Waals surface area contributed by atoms with Crippen molar-refractivity contribution in [3.8, 4) is 6.07 Å². The molecule has 17 heteroatoms. The normalized spacial score (nSPS) is 17.4. The SMILES string of the molecule is Cn1nnnc1SCC1=C(C(=O)OC(c2ccccc2)c2ccccc2)N2C(=O)C(NC(=O)C(=CC#N)c3nc(C=O)sc3N)[C@H]2SC1. The molecule has 2 atom stereocenters. The molecule has 1 saturated heterocycles. The number of esters is 1. The first-order valence-electron chi connectivity index (χ1n) is 14.3.